The van der Waals surface area contributed by atoms with Crippen LogP contribution in [0.4, 0.5) is 0 Å². The Morgan fingerprint density at radius 2 is 1.33 bits per heavy atom. The van der Waals surface area contributed by atoms with E-state index in [1.165, 1.54) is 0 Å². The number of fused-ring (bicyclic) bond motifs is 1. The summed E-state index contributed by atoms with van der Waals surface area (Å²) in [5.74, 6) is 0.465. The molecule has 0 unspecified atom stereocenters. The second kappa shape index (κ2) is 10.0. The van der Waals surface area contributed by atoms with E-state index in [2.05, 4.69) is 0 Å². The van der Waals surface area contributed by atoms with Crippen molar-refractivity contribution in [2.24, 2.45) is 0 Å². The standard InChI is InChI=1S/C22H28O5/c1-4-7-18(23)15-10-11-16-17(14-15)20(27-22(25)9-6-3)13-12-19(16)26-21(24)8-5-2/h10,12-13H,4-9,11,14H2,1-3H3. The molecule has 0 fully saturated rings. The average Bonchev–Trinajstić information content (AvgIpc) is 2.64. The van der Waals surface area contributed by atoms with Crippen molar-refractivity contribution in [2.75, 3.05) is 0 Å². The zero-order valence-corrected chi connectivity index (χ0v) is 16.4. The number of carbonyl (C=O) groups is 3. The number of allylic oxidation sites excluding steroid dienone is 2. The number of carbonyl (C=O) groups excluding carboxylic acids is 3. The van der Waals surface area contributed by atoms with Crippen LogP contribution in [0.1, 0.15) is 70.4 Å². The van der Waals surface area contributed by atoms with Gasteiger partial charge in [-0.05, 0) is 43.4 Å². The van der Waals surface area contributed by atoms with Gasteiger partial charge in [0.15, 0.2) is 5.78 Å². The van der Waals surface area contributed by atoms with Crippen LogP contribution in [-0.4, -0.2) is 17.7 Å². The Labute approximate surface area is 160 Å². The Kier molecular flexibility index (Phi) is 7.77. The van der Waals surface area contributed by atoms with E-state index in [0.29, 0.717) is 56.4 Å². The minimum absolute atomic E-state index is 0.113. The Hall–Kier alpha value is -2.43. The second-order valence-electron chi connectivity index (χ2n) is 6.75. The Morgan fingerprint density at radius 3 is 1.85 bits per heavy atom. The lowest BCUT2D eigenvalue weighted by Gasteiger charge is -2.22. The maximum atomic E-state index is 12.3. The van der Waals surface area contributed by atoms with Crippen LogP contribution >= 0.6 is 0 Å². The van der Waals surface area contributed by atoms with Crippen molar-refractivity contribution in [1.29, 1.82) is 0 Å². The van der Waals surface area contributed by atoms with E-state index in [9.17, 15) is 14.4 Å². The van der Waals surface area contributed by atoms with Crippen LogP contribution in [0.25, 0.3) is 0 Å². The minimum atomic E-state index is -0.300. The summed E-state index contributed by atoms with van der Waals surface area (Å²) in [5, 5.41) is 0. The second-order valence-corrected chi connectivity index (χ2v) is 6.75. The lowest BCUT2D eigenvalue weighted by molar-refractivity contribution is -0.135. The monoisotopic (exact) mass is 372 g/mol. The molecule has 0 N–H and O–H groups in total. The number of Topliss-reactive ketones (excluding diaryl/α,β-unsaturated/α-hetero) is 1. The summed E-state index contributed by atoms with van der Waals surface area (Å²) in [4.78, 5) is 36.2. The number of benzene rings is 1. The highest BCUT2D eigenvalue weighted by Crippen LogP contribution is 2.37. The van der Waals surface area contributed by atoms with Gasteiger partial charge < -0.3 is 9.47 Å². The van der Waals surface area contributed by atoms with Crippen LogP contribution in [0.2, 0.25) is 0 Å². The fraction of sp³-hybridized carbons (Fsp3) is 0.500. The molecule has 0 bridgehead atoms. The normalized spacial score (nSPS) is 12.8. The smallest absolute Gasteiger partial charge is 0.311 e. The molecule has 5 nitrogen and oxygen atoms in total. The molecule has 1 aliphatic rings. The summed E-state index contributed by atoms with van der Waals surface area (Å²) in [6.07, 6.45) is 6.15. The third kappa shape index (κ3) is 5.52. The van der Waals surface area contributed by atoms with Crippen LogP contribution in [-0.2, 0) is 27.2 Å². The molecule has 0 aliphatic heterocycles. The Balaban J connectivity index is 2.35. The third-order valence-electron chi connectivity index (χ3n) is 4.46. The largest absolute Gasteiger partial charge is 0.426 e. The van der Waals surface area contributed by atoms with Crippen LogP contribution in [0.15, 0.2) is 23.8 Å². The molecule has 0 saturated heterocycles. The van der Waals surface area contributed by atoms with Crippen molar-refractivity contribution in [3.05, 3.63) is 34.9 Å². The molecule has 1 aliphatic carbocycles. The highest BCUT2D eigenvalue weighted by Gasteiger charge is 2.24. The van der Waals surface area contributed by atoms with Gasteiger partial charge in [-0.1, -0.05) is 26.8 Å². The molecule has 0 saturated carbocycles. The van der Waals surface area contributed by atoms with Crippen LogP contribution in [0.3, 0.4) is 0 Å². The molecule has 1 aromatic carbocycles. The number of esters is 2. The molecule has 0 atom stereocenters. The number of hydrogen-bond donors (Lipinski definition) is 0. The summed E-state index contributed by atoms with van der Waals surface area (Å²) in [5.41, 5.74) is 2.31. The van der Waals surface area contributed by atoms with Gasteiger partial charge in [0.25, 0.3) is 0 Å². The molecule has 0 amide bonds. The first kappa shape index (κ1) is 20.9. The molecule has 0 aromatic heterocycles. The van der Waals surface area contributed by atoms with Crippen molar-refractivity contribution >= 4 is 17.7 Å². The molecule has 0 heterocycles. The van der Waals surface area contributed by atoms with E-state index in [0.717, 1.165) is 23.1 Å². The molecule has 5 heteroatoms. The lowest BCUT2D eigenvalue weighted by atomic mass is 9.87. The summed E-state index contributed by atoms with van der Waals surface area (Å²) >= 11 is 0. The Bertz CT molecular complexity index is 745. The lowest BCUT2D eigenvalue weighted by Crippen LogP contribution is -2.17. The first-order chi connectivity index (χ1) is 13.0. The number of hydrogen-bond acceptors (Lipinski definition) is 5. The zero-order valence-electron chi connectivity index (χ0n) is 16.4. The van der Waals surface area contributed by atoms with E-state index in [1.807, 2.05) is 26.8 Å². The first-order valence-electron chi connectivity index (χ1n) is 9.78. The molecular weight excluding hydrogens is 344 g/mol. The maximum absolute atomic E-state index is 12.3. The number of ketones is 1. The van der Waals surface area contributed by atoms with Gasteiger partial charge in [0.2, 0.25) is 0 Å². The van der Waals surface area contributed by atoms with Crippen LogP contribution < -0.4 is 9.47 Å². The van der Waals surface area contributed by atoms with Crippen molar-refractivity contribution in [1.82, 2.24) is 0 Å². The molecular formula is C22H28O5. The van der Waals surface area contributed by atoms with Crippen molar-refractivity contribution in [2.45, 2.75) is 72.1 Å². The van der Waals surface area contributed by atoms with Crippen molar-refractivity contribution in [3.8, 4) is 11.5 Å². The maximum Gasteiger partial charge on any atom is 0.311 e. The number of rotatable bonds is 9. The van der Waals surface area contributed by atoms with E-state index in [-0.39, 0.29) is 17.7 Å². The van der Waals surface area contributed by atoms with E-state index < -0.39 is 0 Å². The van der Waals surface area contributed by atoms with Gasteiger partial charge >= 0.3 is 11.9 Å². The summed E-state index contributed by atoms with van der Waals surface area (Å²) in [6.45, 7) is 5.80. The quantitative estimate of drug-likeness (QED) is 0.472. The predicted molar refractivity (Wildman–Crippen MR) is 103 cm³/mol. The van der Waals surface area contributed by atoms with Gasteiger partial charge in [-0.15, -0.1) is 0 Å². The van der Waals surface area contributed by atoms with E-state index >= 15 is 0 Å². The first-order valence-corrected chi connectivity index (χ1v) is 9.78. The predicted octanol–water partition coefficient (Wildman–Crippen LogP) is 4.49. The minimum Gasteiger partial charge on any atom is -0.426 e. The molecule has 1 aromatic rings. The average molecular weight is 372 g/mol. The van der Waals surface area contributed by atoms with Gasteiger partial charge in [-0.2, -0.15) is 0 Å². The fourth-order valence-corrected chi connectivity index (χ4v) is 3.10. The van der Waals surface area contributed by atoms with Crippen molar-refractivity contribution in [3.63, 3.8) is 0 Å². The summed E-state index contributed by atoms with van der Waals surface area (Å²) in [7, 11) is 0. The van der Waals surface area contributed by atoms with E-state index in [4.69, 9.17) is 9.47 Å². The van der Waals surface area contributed by atoms with Gasteiger partial charge in [-0.25, -0.2) is 0 Å². The number of ether oxygens (including phenoxy) is 2. The zero-order chi connectivity index (χ0) is 19.8. The molecule has 27 heavy (non-hydrogen) atoms. The summed E-state index contributed by atoms with van der Waals surface area (Å²) < 4.78 is 11.0. The SMILES string of the molecule is CCCC(=O)Oc1ccc(OC(=O)CCC)c2c1CC=C(C(=O)CCC)C2. The summed E-state index contributed by atoms with van der Waals surface area (Å²) in [6, 6.07) is 3.34. The van der Waals surface area contributed by atoms with Crippen LogP contribution in [0, 0.1) is 0 Å². The van der Waals surface area contributed by atoms with Gasteiger partial charge in [-0.3, -0.25) is 14.4 Å². The molecule has 146 valence electrons. The topological polar surface area (TPSA) is 69.7 Å². The Morgan fingerprint density at radius 1 is 0.815 bits per heavy atom. The highest BCUT2D eigenvalue weighted by atomic mass is 16.5. The van der Waals surface area contributed by atoms with E-state index in [1.54, 1.807) is 12.1 Å². The molecule has 0 spiro atoms. The van der Waals surface area contributed by atoms with Gasteiger partial charge in [0.1, 0.15) is 11.5 Å². The third-order valence-corrected chi connectivity index (χ3v) is 4.46. The highest BCUT2D eigenvalue weighted by molar-refractivity contribution is 5.96. The van der Waals surface area contributed by atoms with Gasteiger partial charge in [0.05, 0.1) is 0 Å². The van der Waals surface area contributed by atoms with Crippen molar-refractivity contribution < 1.29 is 23.9 Å². The fourth-order valence-electron chi connectivity index (χ4n) is 3.10. The van der Waals surface area contributed by atoms with Crippen LogP contribution in [0.5, 0.6) is 11.5 Å². The molecule has 2 rings (SSSR count). The van der Waals surface area contributed by atoms with Gasteiger partial charge in [0, 0.05) is 36.8 Å². The molecule has 0 radical (unpaired) electrons.